The van der Waals surface area contributed by atoms with E-state index >= 15 is 0 Å². The van der Waals surface area contributed by atoms with Crippen molar-refractivity contribution in [3.63, 3.8) is 0 Å². The zero-order valence-electron chi connectivity index (χ0n) is 14.1. The standard InChI is InChI=1S/C20H21NO3/c1-14(2)24-20(23)19(22)13-18(16-7-5-4-6-8-16)21-17-11-9-15(3)10-12-17/h4-14,21H,1-3H3/b18-13+. The number of hydrogen-bond donors (Lipinski definition) is 1. The molecule has 0 aliphatic rings. The first kappa shape index (κ1) is 17.5. The van der Waals surface area contributed by atoms with Crippen LogP contribution in [-0.2, 0) is 14.3 Å². The number of ether oxygens (including phenoxy) is 1. The van der Waals surface area contributed by atoms with Gasteiger partial charge in [0.15, 0.2) is 0 Å². The summed E-state index contributed by atoms with van der Waals surface area (Å²) >= 11 is 0. The lowest BCUT2D eigenvalue weighted by molar-refractivity contribution is -0.154. The Morgan fingerprint density at radius 2 is 1.62 bits per heavy atom. The number of ketones is 1. The number of aryl methyl sites for hydroxylation is 1. The molecule has 0 saturated carbocycles. The van der Waals surface area contributed by atoms with Gasteiger partial charge in [-0.15, -0.1) is 0 Å². The first-order valence-electron chi connectivity index (χ1n) is 7.81. The Morgan fingerprint density at radius 3 is 2.21 bits per heavy atom. The molecule has 0 fully saturated rings. The molecule has 2 aromatic carbocycles. The lowest BCUT2D eigenvalue weighted by Crippen LogP contribution is -2.20. The Hall–Kier alpha value is -2.88. The van der Waals surface area contributed by atoms with E-state index in [1.54, 1.807) is 13.8 Å². The van der Waals surface area contributed by atoms with Crippen LogP contribution in [0.25, 0.3) is 5.70 Å². The van der Waals surface area contributed by atoms with Crippen LogP contribution < -0.4 is 5.32 Å². The van der Waals surface area contributed by atoms with E-state index in [4.69, 9.17) is 4.74 Å². The predicted octanol–water partition coefficient (Wildman–Crippen LogP) is 3.97. The molecule has 4 nitrogen and oxygen atoms in total. The third-order valence-corrected chi connectivity index (χ3v) is 3.23. The minimum absolute atomic E-state index is 0.333. The summed E-state index contributed by atoms with van der Waals surface area (Å²) in [6, 6.07) is 17.2. The van der Waals surface area contributed by atoms with Crippen molar-refractivity contribution in [2.24, 2.45) is 0 Å². The second-order valence-electron chi connectivity index (χ2n) is 5.73. The van der Waals surface area contributed by atoms with Crippen LogP contribution in [0.4, 0.5) is 5.69 Å². The quantitative estimate of drug-likeness (QED) is 0.496. The zero-order chi connectivity index (χ0) is 17.5. The second kappa shape index (κ2) is 8.11. The second-order valence-corrected chi connectivity index (χ2v) is 5.73. The molecule has 0 saturated heterocycles. The number of nitrogens with one attached hydrogen (secondary N) is 1. The van der Waals surface area contributed by atoms with Crippen LogP contribution in [0, 0.1) is 6.92 Å². The molecule has 0 spiro atoms. The van der Waals surface area contributed by atoms with Crippen LogP contribution in [-0.4, -0.2) is 17.9 Å². The highest BCUT2D eigenvalue weighted by atomic mass is 16.5. The maximum absolute atomic E-state index is 12.1. The summed E-state index contributed by atoms with van der Waals surface area (Å²) < 4.78 is 4.95. The van der Waals surface area contributed by atoms with Crippen molar-refractivity contribution in [3.8, 4) is 0 Å². The van der Waals surface area contributed by atoms with E-state index in [2.05, 4.69) is 5.32 Å². The first-order chi connectivity index (χ1) is 11.5. The Labute approximate surface area is 142 Å². The third-order valence-electron chi connectivity index (χ3n) is 3.23. The van der Waals surface area contributed by atoms with Crippen molar-refractivity contribution in [1.29, 1.82) is 0 Å². The number of hydrogen-bond acceptors (Lipinski definition) is 4. The van der Waals surface area contributed by atoms with Crippen LogP contribution in [0.3, 0.4) is 0 Å². The molecule has 24 heavy (non-hydrogen) atoms. The van der Waals surface area contributed by atoms with Crippen molar-refractivity contribution in [1.82, 2.24) is 0 Å². The Kier molecular flexibility index (Phi) is 5.90. The van der Waals surface area contributed by atoms with Gasteiger partial charge in [0.25, 0.3) is 5.78 Å². The van der Waals surface area contributed by atoms with Crippen LogP contribution >= 0.6 is 0 Å². The van der Waals surface area contributed by atoms with Gasteiger partial charge < -0.3 is 10.1 Å². The Balaban J connectivity index is 2.29. The highest BCUT2D eigenvalue weighted by Crippen LogP contribution is 2.19. The van der Waals surface area contributed by atoms with E-state index in [1.165, 1.54) is 6.08 Å². The number of carbonyl (C=O) groups excluding carboxylic acids is 2. The normalized spacial score (nSPS) is 11.2. The first-order valence-corrected chi connectivity index (χ1v) is 7.81. The van der Waals surface area contributed by atoms with Gasteiger partial charge in [0.1, 0.15) is 0 Å². The van der Waals surface area contributed by atoms with Gasteiger partial charge in [-0.25, -0.2) is 4.79 Å². The molecule has 2 aromatic rings. The zero-order valence-corrected chi connectivity index (χ0v) is 14.1. The highest BCUT2D eigenvalue weighted by molar-refractivity contribution is 6.39. The van der Waals surface area contributed by atoms with Gasteiger partial charge in [-0.2, -0.15) is 0 Å². The molecule has 0 atom stereocenters. The fourth-order valence-electron chi connectivity index (χ4n) is 2.06. The molecule has 4 heteroatoms. The molecular formula is C20H21NO3. The number of esters is 1. The van der Waals surface area contributed by atoms with E-state index in [1.807, 2.05) is 61.5 Å². The average molecular weight is 323 g/mol. The van der Waals surface area contributed by atoms with Crippen molar-refractivity contribution in [2.45, 2.75) is 26.9 Å². The van der Waals surface area contributed by atoms with E-state index < -0.39 is 11.8 Å². The van der Waals surface area contributed by atoms with Gasteiger partial charge in [-0.05, 0) is 38.5 Å². The monoisotopic (exact) mass is 323 g/mol. The lowest BCUT2D eigenvalue weighted by Gasteiger charge is -2.12. The number of carbonyl (C=O) groups is 2. The van der Waals surface area contributed by atoms with Gasteiger partial charge >= 0.3 is 5.97 Å². The number of benzene rings is 2. The van der Waals surface area contributed by atoms with Crippen molar-refractivity contribution in [2.75, 3.05) is 5.32 Å². The van der Waals surface area contributed by atoms with Gasteiger partial charge in [0, 0.05) is 17.5 Å². The topological polar surface area (TPSA) is 55.4 Å². The van der Waals surface area contributed by atoms with E-state index in [0.717, 1.165) is 16.8 Å². The highest BCUT2D eigenvalue weighted by Gasteiger charge is 2.16. The van der Waals surface area contributed by atoms with Gasteiger partial charge in [-0.3, -0.25) is 4.79 Å². The molecule has 0 aromatic heterocycles. The average Bonchev–Trinajstić information content (AvgIpc) is 2.56. The summed E-state index contributed by atoms with van der Waals surface area (Å²) in [5.74, 6) is -1.55. The lowest BCUT2D eigenvalue weighted by atomic mass is 10.1. The summed E-state index contributed by atoms with van der Waals surface area (Å²) in [5.41, 5.74) is 3.33. The third kappa shape index (κ3) is 5.09. The van der Waals surface area contributed by atoms with Crippen LogP contribution in [0.2, 0.25) is 0 Å². The summed E-state index contributed by atoms with van der Waals surface area (Å²) in [6.45, 7) is 5.41. The minimum atomic E-state index is -0.857. The molecule has 0 aliphatic carbocycles. The SMILES string of the molecule is Cc1ccc(N/C(=C/C(=O)C(=O)OC(C)C)c2ccccc2)cc1. The maximum atomic E-state index is 12.1. The predicted molar refractivity (Wildman–Crippen MR) is 95.5 cm³/mol. The van der Waals surface area contributed by atoms with Crippen molar-refractivity contribution in [3.05, 3.63) is 71.8 Å². The molecule has 0 radical (unpaired) electrons. The molecule has 2 rings (SSSR count). The van der Waals surface area contributed by atoms with Crippen molar-refractivity contribution >= 4 is 23.1 Å². The molecule has 0 heterocycles. The summed E-state index contributed by atoms with van der Waals surface area (Å²) in [4.78, 5) is 23.9. The Morgan fingerprint density at radius 1 is 1.00 bits per heavy atom. The van der Waals surface area contributed by atoms with E-state index in [0.29, 0.717) is 5.70 Å². The molecule has 124 valence electrons. The van der Waals surface area contributed by atoms with Crippen molar-refractivity contribution < 1.29 is 14.3 Å². The smallest absolute Gasteiger partial charge is 0.379 e. The molecule has 0 amide bonds. The van der Waals surface area contributed by atoms with Crippen LogP contribution in [0.15, 0.2) is 60.7 Å². The van der Waals surface area contributed by atoms with Gasteiger partial charge in [0.2, 0.25) is 0 Å². The minimum Gasteiger partial charge on any atom is -0.457 e. The fraction of sp³-hybridized carbons (Fsp3) is 0.200. The van der Waals surface area contributed by atoms with Gasteiger partial charge in [-0.1, -0.05) is 48.0 Å². The molecular weight excluding hydrogens is 302 g/mol. The van der Waals surface area contributed by atoms with E-state index in [9.17, 15) is 9.59 Å². The van der Waals surface area contributed by atoms with Crippen LogP contribution in [0.1, 0.15) is 25.0 Å². The maximum Gasteiger partial charge on any atom is 0.379 e. The molecule has 1 N–H and O–H groups in total. The Bertz CT molecular complexity index is 731. The number of anilines is 1. The summed E-state index contributed by atoms with van der Waals surface area (Å²) in [5, 5.41) is 3.19. The molecule has 0 bridgehead atoms. The van der Waals surface area contributed by atoms with Gasteiger partial charge in [0.05, 0.1) is 6.10 Å². The summed E-state index contributed by atoms with van der Waals surface area (Å²) in [7, 11) is 0. The summed E-state index contributed by atoms with van der Waals surface area (Å²) in [6.07, 6.45) is 0.944. The largest absolute Gasteiger partial charge is 0.457 e. The number of rotatable bonds is 6. The fourth-order valence-corrected chi connectivity index (χ4v) is 2.06. The molecule has 0 aliphatic heterocycles. The van der Waals surface area contributed by atoms with E-state index in [-0.39, 0.29) is 6.10 Å². The molecule has 0 unspecified atom stereocenters. The van der Waals surface area contributed by atoms with Crippen LogP contribution in [0.5, 0.6) is 0 Å².